The van der Waals surface area contributed by atoms with Crippen LogP contribution >= 0.6 is 34.8 Å². The third-order valence-electron chi connectivity index (χ3n) is 3.41. The smallest absolute Gasteiger partial charge is 0.257 e. The molecule has 8 heteroatoms. The average Bonchev–Trinajstić information content (AvgIpc) is 2.92. The maximum Gasteiger partial charge on any atom is 0.257 e. The van der Waals surface area contributed by atoms with Crippen molar-refractivity contribution in [3.05, 3.63) is 45.4 Å². The average molecular weight is 391 g/mol. The second kappa shape index (κ2) is 8.60. The molecule has 1 heterocycles. The van der Waals surface area contributed by atoms with Crippen LogP contribution in [0.4, 0.5) is 0 Å². The van der Waals surface area contributed by atoms with E-state index in [4.69, 9.17) is 39.5 Å². The second-order valence-corrected chi connectivity index (χ2v) is 6.74. The zero-order chi connectivity index (χ0) is 17.7. The summed E-state index contributed by atoms with van der Waals surface area (Å²) in [4.78, 5) is 16.1. The first-order valence-electron chi connectivity index (χ1n) is 7.38. The fraction of sp³-hybridized carbons (Fsp3) is 0.375. The lowest BCUT2D eigenvalue weighted by molar-refractivity contribution is -0.123. The first kappa shape index (κ1) is 18.9. The number of aryl methyl sites for hydroxylation is 1. The molecule has 0 radical (unpaired) electrons. The SMILES string of the molecule is Cc1nccn1CC(C)CNC(=O)COc1cc(Cl)c(Cl)cc1Cl. The topological polar surface area (TPSA) is 56.2 Å². The van der Waals surface area contributed by atoms with Gasteiger partial charge >= 0.3 is 0 Å². The highest BCUT2D eigenvalue weighted by molar-refractivity contribution is 6.43. The van der Waals surface area contributed by atoms with Crippen LogP contribution in [0.1, 0.15) is 12.7 Å². The van der Waals surface area contributed by atoms with Gasteiger partial charge in [-0.25, -0.2) is 4.98 Å². The number of rotatable bonds is 7. The van der Waals surface area contributed by atoms with Crippen molar-refractivity contribution < 1.29 is 9.53 Å². The van der Waals surface area contributed by atoms with Crippen LogP contribution in [0.2, 0.25) is 15.1 Å². The van der Waals surface area contributed by atoms with Crippen LogP contribution in [-0.4, -0.2) is 28.6 Å². The van der Waals surface area contributed by atoms with E-state index in [1.165, 1.54) is 12.1 Å². The number of ether oxygens (including phenoxy) is 1. The van der Waals surface area contributed by atoms with Crippen LogP contribution in [0.3, 0.4) is 0 Å². The number of carbonyl (C=O) groups excluding carboxylic acids is 1. The van der Waals surface area contributed by atoms with Gasteiger partial charge in [-0.05, 0) is 18.9 Å². The summed E-state index contributed by atoms with van der Waals surface area (Å²) in [5.74, 6) is 1.30. The van der Waals surface area contributed by atoms with E-state index in [1.807, 2.05) is 17.7 Å². The number of hydrogen-bond donors (Lipinski definition) is 1. The van der Waals surface area contributed by atoms with Crippen LogP contribution in [0.5, 0.6) is 5.75 Å². The molecule has 1 aromatic carbocycles. The Hall–Kier alpha value is -1.43. The highest BCUT2D eigenvalue weighted by Gasteiger charge is 2.11. The lowest BCUT2D eigenvalue weighted by Gasteiger charge is -2.15. The Balaban J connectivity index is 1.77. The Morgan fingerprint density at radius 2 is 2.00 bits per heavy atom. The first-order chi connectivity index (χ1) is 11.4. The van der Waals surface area contributed by atoms with Gasteiger partial charge in [-0.2, -0.15) is 0 Å². The number of benzene rings is 1. The molecule has 2 rings (SSSR count). The van der Waals surface area contributed by atoms with Gasteiger partial charge in [0.05, 0.1) is 15.1 Å². The molecule has 1 unspecified atom stereocenters. The number of nitrogens with one attached hydrogen (secondary N) is 1. The summed E-state index contributed by atoms with van der Waals surface area (Å²) >= 11 is 17.7. The molecule has 0 spiro atoms. The van der Waals surface area contributed by atoms with Gasteiger partial charge in [0.2, 0.25) is 0 Å². The predicted octanol–water partition coefficient (Wildman–Crippen LogP) is 3.98. The molecule has 0 aliphatic heterocycles. The van der Waals surface area contributed by atoms with Gasteiger partial charge in [0.1, 0.15) is 11.6 Å². The summed E-state index contributed by atoms with van der Waals surface area (Å²) in [5.41, 5.74) is 0. The fourth-order valence-electron chi connectivity index (χ4n) is 2.09. The lowest BCUT2D eigenvalue weighted by Crippen LogP contribution is -2.33. The number of halogens is 3. The van der Waals surface area contributed by atoms with E-state index >= 15 is 0 Å². The molecule has 24 heavy (non-hydrogen) atoms. The van der Waals surface area contributed by atoms with Gasteiger partial charge in [0.15, 0.2) is 6.61 Å². The molecular weight excluding hydrogens is 373 g/mol. The predicted molar refractivity (Wildman–Crippen MR) is 96.1 cm³/mol. The maximum atomic E-state index is 11.9. The van der Waals surface area contributed by atoms with E-state index < -0.39 is 0 Å². The summed E-state index contributed by atoms with van der Waals surface area (Å²) in [6.07, 6.45) is 3.68. The summed E-state index contributed by atoms with van der Waals surface area (Å²) in [6, 6.07) is 2.97. The van der Waals surface area contributed by atoms with Crippen molar-refractivity contribution in [2.45, 2.75) is 20.4 Å². The van der Waals surface area contributed by atoms with Crippen LogP contribution in [0.25, 0.3) is 0 Å². The van der Waals surface area contributed by atoms with E-state index in [1.54, 1.807) is 6.20 Å². The van der Waals surface area contributed by atoms with Gasteiger partial charge in [-0.3, -0.25) is 4.79 Å². The molecule has 1 atom stereocenters. The molecule has 0 saturated carbocycles. The zero-order valence-electron chi connectivity index (χ0n) is 13.4. The Kier molecular flexibility index (Phi) is 6.78. The van der Waals surface area contributed by atoms with Crippen molar-refractivity contribution in [2.75, 3.05) is 13.2 Å². The quantitative estimate of drug-likeness (QED) is 0.727. The molecule has 0 saturated heterocycles. The molecule has 0 bridgehead atoms. The molecule has 0 fully saturated rings. The molecular formula is C16H18Cl3N3O2. The number of hydrogen-bond acceptors (Lipinski definition) is 3. The van der Waals surface area contributed by atoms with Crippen molar-refractivity contribution in [1.29, 1.82) is 0 Å². The van der Waals surface area contributed by atoms with E-state index in [-0.39, 0.29) is 18.4 Å². The third kappa shape index (κ3) is 5.30. The van der Waals surface area contributed by atoms with Crippen molar-refractivity contribution in [2.24, 2.45) is 5.92 Å². The van der Waals surface area contributed by atoms with Gasteiger partial charge in [0.25, 0.3) is 5.91 Å². The molecule has 1 aromatic heterocycles. The number of amides is 1. The molecule has 0 aliphatic carbocycles. The Morgan fingerprint density at radius 1 is 1.29 bits per heavy atom. The van der Waals surface area contributed by atoms with Crippen LogP contribution in [0.15, 0.2) is 24.5 Å². The third-order valence-corrected chi connectivity index (χ3v) is 4.43. The minimum atomic E-state index is -0.230. The minimum absolute atomic E-state index is 0.144. The summed E-state index contributed by atoms with van der Waals surface area (Å²) in [7, 11) is 0. The van der Waals surface area contributed by atoms with E-state index in [0.29, 0.717) is 27.4 Å². The van der Waals surface area contributed by atoms with E-state index in [2.05, 4.69) is 17.2 Å². The summed E-state index contributed by atoms with van der Waals surface area (Å²) < 4.78 is 7.43. The highest BCUT2D eigenvalue weighted by Crippen LogP contribution is 2.33. The van der Waals surface area contributed by atoms with Crippen molar-refractivity contribution in [3.63, 3.8) is 0 Å². The van der Waals surface area contributed by atoms with Crippen LogP contribution in [-0.2, 0) is 11.3 Å². The van der Waals surface area contributed by atoms with E-state index in [9.17, 15) is 4.79 Å². The molecule has 5 nitrogen and oxygen atoms in total. The van der Waals surface area contributed by atoms with Gasteiger partial charge in [-0.15, -0.1) is 0 Å². The van der Waals surface area contributed by atoms with Crippen LogP contribution in [0, 0.1) is 12.8 Å². The van der Waals surface area contributed by atoms with Crippen molar-refractivity contribution >= 4 is 40.7 Å². The Bertz CT molecular complexity index is 719. The lowest BCUT2D eigenvalue weighted by atomic mass is 10.2. The van der Waals surface area contributed by atoms with Gasteiger partial charge < -0.3 is 14.6 Å². The van der Waals surface area contributed by atoms with Crippen LogP contribution < -0.4 is 10.1 Å². The highest BCUT2D eigenvalue weighted by atomic mass is 35.5. The monoisotopic (exact) mass is 389 g/mol. The molecule has 2 aromatic rings. The zero-order valence-corrected chi connectivity index (χ0v) is 15.6. The number of imidazole rings is 1. The van der Waals surface area contributed by atoms with E-state index in [0.717, 1.165) is 12.4 Å². The molecule has 0 aliphatic rings. The van der Waals surface area contributed by atoms with Crippen molar-refractivity contribution in [3.8, 4) is 5.75 Å². The second-order valence-electron chi connectivity index (χ2n) is 5.52. The largest absolute Gasteiger partial charge is 0.482 e. The summed E-state index contributed by atoms with van der Waals surface area (Å²) in [5, 5.41) is 3.79. The van der Waals surface area contributed by atoms with Crippen molar-refractivity contribution in [1.82, 2.24) is 14.9 Å². The summed E-state index contributed by atoms with van der Waals surface area (Å²) in [6.45, 7) is 5.17. The van der Waals surface area contributed by atoms with Gasteiger partial charge in [-0.1, -0.05) is 41.7 Å². The molecule has 130 valence electrons. The number of aromatic nitrogens is 2. The standard InChI is InChI=1S/C16H18Cl3N3O2/c1-10(8-22-4-3-20-11(22)2)7-21-16(23)9-24-15-6-13(18)12(17)5-14(15)19/h3-6,10H,7-9H2,1-2H3,(H,21,23). The Morgan fingerprint density at radius 3 is 2.67 bits per heavy atom. The molecule has 1 N–H and O–H groups in total. The first-order valence-corrected chi connectivity index (χ1v) is 8.52. The molecule has 1 amide bonds. The Labute approximate surface area is 155 Å². The normalized spacial score (nSPS) is 12.0. The minimum Gasteiger partial charge on any atom is -0.482 e. The number of nitrogens with zero attached hydrogens (tertiary/aromatic N) is 2. The van der Waals surface area contributed by atoms with Gasteiger partial charge in [0, 0.05) is 31.5 Å². The number of carbonyl (C=O) groups is 1. The maximum absolute atomic E-state index is 11.9. The fourth-order valence-corrected chi connectivity index (χ4v) is 2.69.